The van der Waals surface area contributed by atoms with Crippen LogP contribution >= 0.6 is 0 Å². The highest BCUT2D eigenvalue weighted by Gasteiger charge is 2.12. The minimum Gasteiger partial charge on any atom is -0.491 e. The van der Waals surface area contributed by atoms with Crippen molar-refractivity contribution < 1.29 is 23.1 Å². The number of fused-ring (bicyclic) bond motifs is 1. The molecule has 0 aliphatic carbocycles. The van der Waals surface area contributed by atoms with Gasteiger partial charge in [-0.25, -0.2) is 8.78 Å². The van der Waals surface area contributed by atoms with Crippen LogP contribution in [0.15, 0.2) is 71.3 Å². The first kappa shape index (κ1) is 20.0. The average Bonchev–Trinajstić information content (AvgIpc) is 3.17. The largest absolute Gasteiger partial charge is 0.491 e. The number of hydrogen-bond acceptors (Lipinski definition) is 5. The summed E-state index contributed by atoms with van der Waals surface area (Å²) in [4.78, 5) is 0. The predicted octanol–water partition coefficient (Wildman–Crippen LogP) is 4.30. The van der Waals surface area contributed by atoms with Crippen LogP contribution in [0.4, 0.5) is 8.78 Å². The van der Waals surface area contributed by atoms with Crippen LogP contribution in [0.1, 0.15) is 5.56 Å². The van der Waals surface area contributed by atoms with Crippen molar-refractivity contribution >= 4 is 11.0 Å². The van der Waals surface area contributed by atoms with Crippen molar-refractivity contribution in [3.63, 3.8) is 0 Å². The minimum absolute atomic E-state index is 0.102. The average molecular weight is 410 g/mol. The van der Waals surface area contributed by atoms with E-state index in [1.54, 1.807) is 30.3 Å². The van der Waals surface area contributed by atoms with Crippen LogP contribution in [-0.2, 0) is 6.54 Å². The Kier molecular flexibility index (Phi) is 6.02. The van der Waals surface area contributed by atoms with Crippen molar-refractivity contribution in [3.05, 3.63) is 83.9 Å². The highest BCUT2D eigenvalue weighted by Crippen LogP contribution is 2.30. The number of rotatable bonds is 8. The molecule has 0 saturated carbocycles. The van der Waals surface area contributed by atoms with E-state index in [-0.39, 0.29) is 18.2 Å². The summed E-state index contributed by atoms with van der Waals surface area (Å²) in [6.45, 7) is 0.952. The molecule has 0 aliphatic heterocycles. The van der Waals surface area contributed by atoms with Gasteiger partial charge in [0.05, 0.1) is 0 Å². The zero-order chi connectivity index (χ0) is 20.9. The van der Waals surface area contributed by atoms with Crippen LogP contribution in [-0.4, -0.2) is 29.5 Å². The molecule has 4 aromatic rings. The Labute approximate surface area is 171 Å². The van der Waals surface area contributed by atoms with Crippen LogP contribution in [0, 0.1) is 11.6 Å². The Hall–Kier alpha value is -3.29. The third kappa shape index (κ3) is 4.82. The maximum Gasteiger partial charge on any atom is 0.170 e. The molecule has 0 spiro atoms. The Balaban J connectivity index is 1.33. The molecule has 0 aliphatic rings. The van der Waals surface area contributed by atoms with E-state index >= 15 is 0 Å². The lowest BCUT2D eigenvalue weighted by Crippen LogP contribution is -2.31. The molecule has 0 amide bonds. The Bertz CT molecular complexity index is 1130. The molecule has 7 heteroatoms. The lowest BCUT2D eigenvalue weighted by molar-refractivity contribution is 0.106. The van der Waals surface area contributed by atoms with Crippen molar-refractivity contribution in [2.45, 2.75) is 12.6 Å². The second-order valence-electron chi connectivity index (χ2n) is 6.92. The van der Waals surface area contributed by atoms with Gasteiger partial charge in [0.25, 0.3) is 0 Å². The molecule has 0 radical (unpaired) electrons. The number of aliphatic hydroxyl groups excluding tert-OH is 1. The third-order valence-electron chi connectivity index (χ3n) is 4.61. The zero-order valence-corrected chi connectivity index (χ0v) is 16.0. The van der Waals surface area contributed by atoms with Gasteiger partial charge in [0.2, 0.25) is 0 Å². The monoisotopic (exact) mass is 410 g/mol. The number of nitrogens with zero attached hydrogens (tertiary/aromatic N) is 1. The second kappa shape index (κ2) is 9.02. The van der Waals surface area contributed by atoms with E-state index in [9.17, 15) is 13.9 Å². The first-order chi connectivity index (χ1) is 14.6. The molecule has 1 atom stereocenters. The quantitative estimate of drug-likeness (QED) is 0.453. The van der Waals surface area contributed by atoms with Crippen LogP contribution in [0.5, 0.6) is 5.75 Å². The molecule has 154 valence electrons. The van der Waals surface area contributed by atoms with Gasteiger partial charge in [0, 0.05) is 30.1 Å². The molecule has 0 fully saturated rings. The SMILES string of the molecule is O[C@H](CNCc1ccc(F)cc1)COc1cccc(-c2noc3cc(F)ccc23)c1. The fourth-order valence-electron chi connectivity index (χ4n) is 3.09. The van der Waals surface area contributed by atoms with Gasteiger partial charge in [-0.05, 0) is 42.0 Å². The maximum atomic E-state index is 13.3. The number of ether oxygens (including phenoxy) is 1. The molecule has 4 rings (SSSR count). The van der Waals surface area contributed by atoms with Gasteiger partial charge in [0.1, 0.15) is 35.8 Å². The van der Waals surface area contributed by atoms with E-state index in [0.717, 1.165) is 11.1 Å². The van der Waals surface area contributed by atoms with Crippen molar-refractivity contribution in [2.24, 2.45) is 0 Å². The van der Waals surface area contributed by atoms with Gasteiger partial charge >= 0.3 is 0 Å². The number of nitrogens with one attached hydrogen (secondary N) is 1. The molecule has 0 saturated heterocycles. The van der Waals surface area contributed by atoms with Crippen LogP contribution in [0.3, 0.4) is 0 Å². The Morgan fingerprint density at radius 3 is 2.63 bits per heavy atom. The van der Waals surface area contributed by atoms with Crippen molar-refractivity contribution in [3.8, 4) is 17.0 Å². The van der Waals surface area contributed by atoms with Crippen molar-refractivity contribution in [1.82, 2.24) is 10.5 Å². The summed E-state index contributed by atoms with van der Waals surface area (Å²) in [5.74, 6) is -0.0900. The fraction of sp³-hybridized carbons (Fsp3) is 0.174. The summed E-state index contributed by atoms with van der Waals surface area (Å²) < 4.78 is 37.2. The smallest absolute Gasteiger partial charge is 0.170 e. The Morgan fingerprint density at radius 1 is 1.00 bits per heavy atom. The molecule has 1 heterocycles. The highest BCUT2D eigenvalue weighted by atomic mass is 19.1. The van der Waals surface area contributed by atoms with Gasteiger partial charge in [-0.1, -0.05) is 29.4 Å². The minimum atomic E-state index is -0.718. The molecular formula is C23H20F2N2O3. The molecule has 30 heavy (non-hydrogen) atoms. The maximum absolute atomic E-state index is 13.3. The zero-order valence-electron chi connectivity index (χ0n) is 16.0. The van der Waals surface area contributed by atoms with E-state index < -0.39 is 6.10 Å². The lowest BCUT2D eigenvalue weighted by Gasteiger charge is -2.14. The Morgan fingerprint density at radius 2 is 1.80 bits per heavy atom. The van der Waals surface area contributed by atoms with Gasteiger partial charge in [-0.15, -0.1) is 0 Å². The summed E-state index contributed by atoms with van der Waals surface area (Å²) in [5.41, 5.74) is 2.66. The number of aliphatic hydroxyl groups is 1. The molecule has 0 bridgehead atoms. The second-order valence-corrected chi connectivity index (χ2v) is 6.92. The van der Waals surface area contributed by atoms with Crippen LogP contribution in [0.25, 0.3) is 22.2 Å². The molecule has 5 nitrogen and oxygen atoms in total. The number of hydrogen-bond donors (Lipinski definition) is 2. The van der Waals surface area contributed by atoms with Crippen molar-refractivity contribution in [1.29, 1.82) is 0 Å². The van der Waals surface area contributed by atoms with E-state index in [2.05, 4.69) is 10.5 Å². The number of benzene rings is 3. The van der Waals surface area contributed by atoms with Gasteiger partial charge in [0.15, 0.2) is 5.58 Å². The summed E-state index contributed by atoms with van der Waals surface area (Å²) >= 11 is 0. The lowest BCUT2D eigenvalue weighted by atomic mass is 10.1. The number of aromatic nitrogens is 1. The predicted molar refractivity (Wildman–Crippen MR) is 109 cm³/mol. The van der Waals surface area contributed by atoms with Gasteiger partial charge < -0.3 is 19.7 Å². The molecule has 1 aromatic heterocycles. The van der Waals surface area contributed by atoms with E-state index in [4.69, 9.17) is 9.26 Å². The van der Waals surface area contributed by atoms with Crippen LogP contribution in [0.2, 0.25) is 0 Å². The van der Waals surface area contributed by atoms with Gasteiger partial charge in [-0.2, -0.15) is 0 Å². The van der Waals surface area contributed by atoms with E-state index in [0.29, 0.717) is 35.5 Å². The normalized spacial score (nSPS) is 12.2. The summed E-state index contributed by atoms with van der Waals surface area (Å²) in [6.07, 6.45) is -0.718. The topological polar surface area (TPSA) is 67.5 Å². The molecule has 2 N–H and O–H groups in total. The third-order valence-corrected chi connectivity index (χ3v) is 4.61. The first-order valence-electron chi connectivity index (χ1n) is 9.50. The number of halogens is 2. The van der Waals surface area contributed by atoms with E-state index in [1.165, 1.54) is 24.3 Å². The van der Waals surface area contributed by atoms with Crippen LogP contribution < -0.4 is 10.1 Å². The molecule has 0 unspecified atom stereocenters. The fourth-order valence-corrected chi connectivity index (χ4v) is 3.09. The summed E-state index contributed by atoms with van der Waals surface area (Å²) in [7, 11) is 0. The van der Waals surface area contributed by atoms with Crippen molar-refractivity contribution in [2.75, 3.05) is 13.2 Å². The molecule has 3 aromatic carbocycles. The highest BCUT2D eigenvalue weighted by molar-refractivity contribution is 5.91. The first-order valence-corrected chi connectivity index (χ1v) is 9.50. The summed E-state index contributed by atoms with van der Waals surface area (Å²) in [6, 6.07) is 17.7. The molecular weight excluding hydrogens is 390 g/mol. The summed E-state index contributed by atoms with van der Waals surface area (Å²) in [5, 5.41) is 18.0. The van der Waals surface area contributed by atoms with E-state index in [1.807, 2.05) is 12.1 Å². The standard InChI is InChI=1S/C23H20F2N2O3/c24-17-6-4-15(5-7-17)12-26-13-19(28)14-29-20-3-1-2-16(10-20)23-21-9-8-18(25)11-22(21)30-27-23/h1-11,19,26,28H,12-14H2/t19-/m1/s1. The van der Waals surface area contributed by atoms with Gasteiger partial charge in [-0.3, -0.25) is 0 Å².